The van der Waals surface area contributed by atoms with E-state index in [1.165, 1.54) is 13.2 Å². The van der Waals surface area contributed by atoms with Crippen molar-refractivity contribution in [3.8, 4) is 0 Å². The molecule has 0 radical (unpaired) electrons. The zero-order chi connectivity index (χ0) is 25.5. The lowest BCUT2D eigenvalue weighted by atomic mass is 9.73. The topological polar surface area (TPSA) is 114 Å². The van der Waals surface area contributed by atoms with Gasteiger partial charge in [0.05, 0.1) is 19.8 Å². The third-order valence-corrected chi connectivity index (χ3v) is 5.69. The lowest BCUT2D eigenvalue weighted by Gasteiger charge is -2.41. The number of allylic oxidation sites excluding steroid dienone is 3. The summed E-state index contributed by atoms with van der Waals surface area (Å²) in [5.74, 6) is -12.1. The molecule has 0 spiro atoms. The smallest absolute Gasteiger partial charge is 0.450 e. The molecule has 2 aliphatic carbocycles. The molecule has 0 fully saturated rings. The molecule has 1 amide bonds. The first-order valence-corrected chi connectivity index (χ1v) is 10.4. The van der Waals surface area contributed by atoms with Crippen LogP contribution in [0.15, 0.2) is 35.5 Å². The highest BCUT2D eigenvalue weighted by atomic mass is 19.2. The van der Waals surface area contributed by atoms with Gasteiger partial charge in [0, 0.05) is 19.6 Å². The fraction of sp³-hybridized carbons (Fsp3) is 0.619. The lowest BCUT2D eigenvalue weighted by Crippen LogP contribution is -2.54. The quantitative estimate of drug-likeness (QED) is 0.193. The summed E-state index contributed by atoms with van der Waals surface area (Å²) in [7, 11) is 1.48. The van der Waals surface area contributed by atoms with Crippen LogP contribution in [0.4, 0.5) is 26.7 Å². The Labute approximate surface area is 192 Å². The van der Waals surface area contributed by atoms with Crippen LogP contribution in [0.1, 0.15) is 25.7 Å². The van der Waals surface area contributed by atoms with Gasteiger partial charge in [0.2, 0.25) is 11.8 Å². The van der Waals surface area contributed by atoms with Crippen LogP contribution in [0.2, 0.25) is 0 Å². The first kappa shape index (κ1) is 27.7. The van der Waals surface area contributed by atoms with E-state index >= 15 is 0 Å². The molecule has 2 rings (SSSR count). The Kier molecular flexibility index (Phi) is 9.59. The number of rotatable bonds is 9. The Bertz CT molecular complexity index is 864. The number of carbonyl (C=O) groups excluding carboxylic acids is 1. The predicted octanol–water partition coefficient (Wildman–Crippen LogP) is 3.33. The van der Waals surface area contributed by atoms with Crippen molar-refractivity contribution in [3.05, 3.63) is 35.5 Å². The number of halogens is 5. The van der Waals surface area contributed by atoms with Crippen LogP contribution in [-0.2, 0) is 19.0 Å². The molecule has 4 atom stereocenters. The highest BCUT2D eigenvalue weighted by Crippen LogP contribution is 2.50. The summed E-state index contributed by atoms with van der Waals surface area (Å²) >= 11 is 0. The largest absolute Gasteiger partial charge is 0.506 e. The van der Waals surface area contributed by atoms with Crippen LogP contribution in [0.5, 0.6) is 0 Å². The Balaban J connectivity index is 2.25. The molecule has 0 aromatic heterocycles. The predicted molar refractivity (Wildman–Crippen MR) is 107 cm³/mol. The third-order valence-electron chi connectivity index (χ3n) is 5.69. The Morgan fingerprint density at radius 2 is 1.85 bits per heavy atom. The van der Waals surface area contributed by atoms with Gasteiger partial charge in [-0.05, 0) is 25.7 Å². The number of carbonyl (C=O) groups is 2. The van der Waals surface area contributed by atoms with E-state index in [0.717, 1.165) is 6.08 Å². The molecule has 0 aromatic carbocycles. The number of carboxylic acid groups (broad SMARTS) is 1. The van der Waals surface area contributed by atoms with Gasteiger partial charge in [0.25, 0.3) is 5.91 Å². The van der Waals surface area contributed by atoms with Gasteiger partial charge in [-0.25, -0.2) is 26.7 Å². The molecule has 34 heavy (non-hydrogen) atoms. The van der Waals surface area contributed by atoms with Crippen LogP contribution < -0.4 is 5.32 Å². The van der Waals surface area contributed by atoms with E-state index in [1.807, 2.05) is 0 Å². The summed E-state index contributed by atoms with van der Waals surface area (Å²) < 4.78 is 85.7. The van der Waals surface area contributed by atoms with Gasteiger partial charge in [0.15, 0.2) is 23.3 Å². The maximum atomic E-state index is 14.9. The number of alkyl halides is 1. The van der Waals surface area contributed by atoms with Crippen molar-refractivity contribution >= 4 is 12.1 Å². The minimum atomic E-state index is -3.42. The second-order valence-corrected chi connectivity index (χ2v) is 7.82. The van der Waals surface area contributed by atoms with Crippen LogP contribution in [0.25, 0.3) is 0 Å². The lowest BCUT2D eigenvalue weighted by molar-refractivity contribution is -0.143. The number of methoxy groups -OCH3 is 1. The van der Waals surface area contributed by atoms with Crippen LogP contribution in [0, 0.1) is 5.92 Å². The molecule has 192 valence electrons. The molecule has 13 heteroatoms. The molecule has 0 heterocycles. The number of aliphatic hydroxyl groups is 1. The van der Waals surface area contributed by atoms with Gasteiger partial charge in [-0.3, -0.25) is 4.79 Å². The average molecular weight is 499 g/mol. The van der Waals surface area contributed by atoms with Crippen LogP contribution in [-0.4, -0.2) is 73.1 Å². The zero-order valence-electron chi connectivity index (χ0n) is 18.3. The SMILES string of the molecule is COCCOCCNC(=O)[C@]1(O)CC/C=C/C([C@]2(OC(=O)O)C(F)=C(F)C(F)=C(F)C2F)CC1. The maximum absolute atomic E-state index is 14.9. The summed E-state index contributed by atoms with van der Waals surface area (Å²) in [6.07, 6.45) is -4.40. The fourth-order valence-electron chi connectivity index (χ4n) is 3.88. The van der Waals surface area contributed by atoms with E-state index in [4.69, 9.17) is 14.6 Å². The molecule has 2 aliphatic rings. The minimum Gasteiger partial charge on any atom is -0.450 e. The van der Waals surface area contributed by atoms with Crippen molar-refractivity contribution in [2.45, 2.75) is 43.1 Å². The van der Waals surface area contributed by atoms with Gasteiger partial charge in [-0.2, -0.15) is 0 Å². The number of amides is 1. The number of nitrogens with one attached hydrogen (secondary N) is 1. The first-order valence-electron chi connectivity index (χ1n) is 10.4. The van der Waals surface area contributed by atoms with Crippen molar-refractivity contribution in [1.29, 1.82) is 0 Å². The highest BCUT2D eigenvalue weighted by molar-refractivity contribution is 5.84. The summed E-state index contributed by atoms with van der Waals surface area (Å²) in [5.41, 5.74) is -5.48. The van der Waals surface area contributed by atoms with Gasteiger partial charge >= 0.3 is 6.16 Å². The molecular formula is C21H26F5NO7. The molecule has 0 saturated heterocycles. The Morgan fingerprint density at radius 3 is 2.50 bits per heavy atom. The van der Waals surface area contributed by atoms with Crippen molar-refractivity contribution in [3.63, 3.8) is 0 Å². The molecule has 0 bridgehead atoms. The first-order chi connectivity index (χ1) is 16.0. The highest BCUT2D eigenvalue weighted by Gasteiger charge is 2.60. The second-order valence-electron chi connectivity index (χ2n) is 7.82. The minimum absolute atomic E-state index is 0.00857. The molecule has 3 N–H and O–H groups in total. The third kappa shape index (κ3) is 5.76. The number of ether oxygens (including phenoxy) is 3. The second kappa shape index (κ2) is 11.8. The van der Waals surface area contributed by atoms with Crippen molar-refractivity contribution < 1.29 is 56.0 Å². The summed E-state index contributed by atoms with van der Waals surface area (Å²) in [6.45, 7) is 0.757. The standard InChI is InChI=1S/C21H26F5NO7/c1-32-10-11-33-9-8-27-18(28)20(31)6-3-2-4-12(5-7-20)21(34-19(29)30)16(25)14(23)13(22)15(24)17(21)26/h2,4,12,16,31H,3,5-11H2,1H3,(H,27,28)(H,29,30)/b4-2+/t12?,16?,20-,21+/m0/s1. The summed E-state index contributed by atoms with van der Waals surface area (Å²) in [4.78, 5) is 23.8. The van der Waals surface area contributed by atoms with E-state index in [9.17, 15) is 36.6 Å². The Hall–Kier alpha value is -2.51. The van der Waals surface area contributed by atoms with Gasteiger partial charge in [-0.15, -0.1) is 0 Å². The maximum Gasteiger partial charge on any atom is 0.506 e. The van der Waals surface area contributed by atoms with E-state index in [-0.39, 0.29) is 32.6 Å². The van der Waals surface area contributed by atoms with E-state index in [0.29, 0.717) is 6.61 Å². The molecule has 0 saturated carbocycles. The Morgan fingerprint density at radius 1 is 1.15 bits per heavy atom. The van der Waals surface area contributed by atoms with Gasteiger partial charge < -0.3 is 29.7 Å². The van der Waals surface area contributed by atoms with Crippen molar-refractivity contribution in [2.24, 2.45) is 5.92 Å². The van der Waals surface area contributed by atoms with Gasteiger partial charge in [-0.1, -0.05) is 12.2 Å². The molecule has 2 unspecified atom stereocenters. The molecule has 0 aliphatic heterocycles. The van der Waals surface area contributed by atoms with E-state index < -0.39 is 71.5 Å². The molecule has 0 aromatic rings. The normalized spacial score (nSPS) is 31.0. The zero-order valence-corrected chi connectivity index (χ0v) is 18.3. The summed E-state index contributed by atoms with van der Waals surface area (Å²) in [6, 6.07) is 0. The summed E-state index contributed by atoms with van der Waals surface area (Å²) in [5, 5.41) is 22.4. The monoisotopic (exact) mass is 499 g/mol. The van der Waals surface area contributed by atoms with Crippen LogP contribution >= 0.6 is 0 Å². The average Bonchev–Trinajstić information content (AvgIpc) is 2.79. The van der Waals surface area contributed by atoms with E-state index in [2.05, 4.69) is 10.1 Å². The van der Waals surface area contributed by atoms with Gasteiger partial charge in [0.1, 0.15) is 5.60 Å². The van der Waals surface area contributed by atoms with Crippen molar-refractivity contribution in [2.75, 3.05) is 33.5 Å². The fourth-order valence-corrected chi connectivity index (χ4v) is 3.88. The number of hydrogen-bond donors (Lipinski definition) is 3. The van der Waals surface area contributed by atoms with E-state index in [1.54, 1.807) is 0 Å². The van der Waals surface area contributed by atoms with Crippen LogP contribution in [0.3, 0.4) is 0 Å². The number of hydrogen-bond acceptors (Lipinski definition) is 6. The molecule has 8 nitrogen and oxygen atoms in total. The molecular weight excluding hydrogens is 473 g/mol. The van der Waals surface area contributed by atoms with Crippen molar-refractivity contribution in [1.82, 2.24) is 5.32 Å².